The van der Waals surface area contributed by atoms with Crippen LogP contribution in [0.3, 0.4) is 0 Å². The van der Waals surface area contributed by atoms with Crippen molar-refractivity contribution in [1.29, 1.82) is 0 Å². The van der Waals surface area contributed by atoms with E-state index in [4.69, 9.17) is 10.5 Å². The molecule has 0 aromatic heterocycles. The lowest BCUT2D eigenvalue weighted by molar-refractivity contribution is 0.0527. The van der Waals surface area contributed by atoms with Crippen LogP contribution in [-0.2, 0) is 4.74 Å². The number of nitrogens with one attached hydrogen (secondary N) is 1. The number of hydrogen-bond acceptors (Lipinski definition) is 4. The lowest BCUT2D eigenvalue weighted by Crippen LogP contribution is -2.27. The van der Waals surface area contributed by atoms with Gasteiger partial charge in [-0.1, -0.05) is 32.3 Å². The molecule has 116 valence electrons. The molecule has 0 radical (unpaired) electrons. The van der Waals surface area contributed by atoms with Gasteiger partial charge in [0.05, 0.1) is 23.5 Å². The summed E-state index contributed by atoms with van der Waals surface area (Å²) in [5.74, 6) is 0.444. The number of rotatable bonds is 5. The average Bonchev–Trinajstić information content (AvgIpc) is 2.50. The summed E-state index contributed by atoms with van der Waals surface area (Å²) in [6.45, 7) is 4.41. The van der Waals surface area contributed by atoms with Gasteiger partial charge in [-0.25, -0.2) is 4.79 Å². The number of para-hydroxylation sites is 1. The van der Waals surface area contributed by atoms with Crippen LogP contribution in [0.4, 0.5) is 11.4 Å². The van der Waals surface area contributed by atoms with Crippen molar-refractivity contribution in [3.8, 4) is 0 Å². The van der Waals surface area contributed by atoms with Crippen LogP contribution in [0.2, 0.25) is 0 Å². The normalized spacial score (nSPS) is 21.8. The summed E-state index contributed by atoms with van der Waals surface area (Å²) in [5, 5.41) is 3.52. The Balaban J connectivity index is 2.09. The maximum Gasteiger partial charge on any atom is 0.340 e. The minimum Gasteiger partial charge on any atom is -0.462 e. The molecule has 1 saturated carbocycles. The second-order valence-electron chi connectivity index (χ2n) is 5.77. The van der Waals surface area contributed by atoms with Crippen LogP contribution in [0.25, 0.3) is 0 Å². The SMILES string of the molecule is CCOC(=O)c1cccc(NC2CCCC(CC)C2)c1N. The molecular formula is C17H26N2O2. The van der Waals surface area contributed by atoms with Crippen LogP contribution in [-0.4, -0.2) is 18.6 Å². The number of carbonyl (C=O) groups is 1. The number of benzene rings is 1. The summed E-state index contributed by atoms with van der Waals surface area (Å²) < 4.78 is 5.04. The number of nitrogens with two attached hydrogens (primary N) is 1. The zero-order valence-corrected chi connectivity index (χ0v) is 13.0. The highest BCUT2D eigenvalue weighted by atomic mass is 16.5. The van der Waals surface area contributed by atoms with E-state index in [0.717, 1.165) is 11.6 Å². The minimum atomic E-state index is -0.353. The highest BCUT2D eigenvalue weighted by molar-refractivity contribution is 5.98. The second kappa shape index (κ2) is 7.34. The van der Waals surface area contributed by atoms with E-state index in [-0.39, 0.29) is 5.97 Å². The smallest absolute Gasteiger partial charge is 0.340 e. The van der Waals surface area contributed by atoms with Gasteiger partial charge in [0.15, 0.2) is 0 Å². The van der Waals surface area contributed by atoms with E-state index in [1.54, 1.807) is 13.0 Å². The number of esters is 1. The average molecular weight is 290 g/mol. The molecule has 0 heterocycles. The minimum absolute atomic E-state index is 0.353. The molecule has 21 heavy (non-hydrogen) atoms. The topological polar surface area (TPSA) is 64.3 Å². The van der Waals surface area contributed by atoms with Crippen LogP contribution in [0.1, 0.15) is 56.3 Å². The van der Waals surface area contributed by atoms with Gasteiger partial charge in [-0.3, -0.25) is 0 Å². The van der Waals surface area contributed by atoms with Crippen molar-refractivity contribution < 1.29 is 9.53 Å². The lowest BCUT2D eigenvalue weighted by atomic mass is 9.84. The first-order chi connectivity index (χ1) is 10.2. The molecule has 1 fully saturated rings. The molecule has 3 N–H and O–H groups in total. The Morgan fingerprint density at radius 2 is 2.19 bits per heavy atom. The van der Waals surface area contributed by atoms with E-state index in [9.17, 15) is 4.79 Å². The van der Waals surface area contributed by atoms with Gasteiger partial charge < -0.3 is 15.8 Å². The van der Waals surface area contributed by atoms with Crippen LogP contribution >= 0.6 is 0 Å². The van der Waals surface area contributed by atoms with Crippen molar-refractivity contribution in [3.05, 3.63) is 23.8 Å². The summed E-state index contributed by atoms with van der Waals surface area (Å²) in [5.41, 5.74) is 7.93. The molecule has 2 atom stereocenters. The third-order valence-electron chi connectivity index (χ3n) is 4.32. The monoisotopic (exact) mass is 290 g/mol. The summed E-state index contributed by atoms with van der Waals surface area (Å²) in [7, 11) is 0. The molecule has 4 heteroatoms. The first kappa shape index (κ1) is 15.7. The van der Waals surface area contributed by atoms with Crippen molar-refractivity contribution in [2.24, 2.45) is 5.92 Å². The summed E-state index contributed by atoms with van der Waals surface area (Å²) in [6, 6.07) is 5.95. The van der Waals surface area contributed by atoms with E-state index in [1.807, 2.05) is 12.1 Å². The zero-order valence-electron chi connectivity index (χ0n) is 13.0. The van der Waals surface area contributed by atoms with E-state index >= 15 is 0 Å². The largest absolute Gasteiger partial charge is 0.462 e. The number of nitrogen functional groups attached to an aromatic ring is 1. The van der Waals surface area contributed by atoms with Gasteiger partial charge in [-0.2, -0.15) is 0 Å². The molecule has 0 bridgehead atoms. The Morgan fingerprint density at radius 1 is 1.38 bits per heavy atom. The van der Waals surface area contributed by atoms with E-state index in [1.165, 1.54) is 32.1 Å². The van der Waals surface area contributed by atoms with Gasteiger partial charge >= 0.3 is 5.97 Å². The standard InChI is InChI=1S/C17H26N2O2/c1-3-12-7-5-8-13(11-12)19-15-10-6-9-14(16(15)18)17(20)21-4-2/h6,9-10,12-13,19H,3-5,7-8,11,18H2,1-2H3. The highest BCUT2D eigenvalue weighted by Gasteiger charge is 2.22. The number of ether oxygens (including phenoxy) is 1. The van der Waals surface area contributed by atoms with Crippen molar-refractivity contribution in [2.45, 2.75) is 52.0 Å². The first-order valence-corrected chi connectivity index (χ1v) is 7.97. The van der Waals surface area contributed by atoms with Gasteiger partial charge in [0.25, 0.3) is 0 Å². The molecule has 0 amide bonds. The van der Waals surface area contributed by atoms with E-state index in [0.29, 0.717) is 23.9 Å². The molecule has 4 nitrogen and oxygen atoms in total. The predicted octanol–water partition coefficient (Wildman–Crippen LogP) is 3.83. The van der Waals surface area contributed by atoms with Gasteiger partial charge in [-0.15, -0.1) is 0 Å². The Morgan fingerprint density at radius 3 is 2.90 bits per heavy atom. The van der Waals surface area contributed by atoms with Gasteiger partial charge in [0, 0.05) is 6.04 Å². The quantitative estimate of drug-likeness (QED) is 0.639. The summed E-state index contributed by atoms with van der Waals surface area (Å²) >= 11 is 0. The van der Waals surface area contributed by atoms with Crippen LogP contribution in [0, 0.1) is 5.92 Å². The molecule has 0 aliphatic heterocycles. The molecule has 1 aliphatic rings. The molecule has 1 aliphatic carbocycles. The van der Waals surface area contributed by atoms with Gasteiger partial charge in [0.2, 0.25) is 0 Å². The van der Waals surface area contributed by atoms with E-state index < -0.39 is 0 Å². The fraction of sp³-hybridized carbons (Fsp3) is 0.588. The summed E-state index contributed by atoms with van der Waals surface area (Å²) in [6.07, 6.45) is 6.16. The van der Waals surface area contributed by atoms with Crippen LogP contribution in [0.5, 0.6) is 0 Å². The second-order valence-corrected chi connectivity index (χ2v) is 5.77. The van der Waals surface area contributed by atoms with Gasteiger partial charge in [-0.05, 0) is 37.8 Å². The summed E-state index contributed by atoms with van der Waals surface area (Å²) in [4.78, 5) is 11.9. The Kier molecular flexibility index (Phi) is 5.48. The first-order valence-electron chi connectivity index (χ1n) is 7.97. The third kappa shape index (κ3) is 3.90. The molecule has 1 aromatic carbocycles. The number of anilines is 2. The van der Waals surface area contributed by atoms with Crippen LogP contribution < -0.4 is 11.1 Å². The molecule has 0 spiro atoms. The predicted molar refractivity (Wildman–Crippen MR) is 86.5 cm³/mol. The maximum atomic E-state index is 11.9. The van der Waals surface area contributed by atoms with Crippen molar-refractivity contribution in [2.75, 3.05) is 17.7 Å². The van der Waals surface area contributed by atoms with Crippen molar-refractivity contribution >= 4 is 17.3 Å². The van der Waals surface area contributed by atoms with E-state index in [2.05, 4.69) is 12.2 Å². The Hall–Kier alpha value is -1.71. The third-order valence-corrected chi connectivity index (χ3v) is 4.32. The zero-order chi connectivity index (χ0) is 15.2. The Labute approximate surface area is 127 Å². The molecule has 2 rings (SSSR count). The fourth-order valence-corrected chi connectivity index (χ4v) is 3.09. The lowest BCUT2D eigenvalue weighted by Gasteiger charge is -2.30. The van der Waals surface area contributed by atoms with Crippen molar-refractivity contribution in [1.82, 2.24) is 0 Å². The molecular weight excluding hydrogens is 264 g/mol. The molecule has 2 unspecified atom stereocenters. The Bertz CT molecular complexity index is 488. The van der Waals surface area contributed by atoms with Crippen molar-refractivity contribution in [3.63, 3.8) is 0 Å². The fourth-order valence-electron chi connectivity index (χ4n) is 3.09. The maximum absolute atomic E-state index is 11.9. The highest BCUT2D eigenvalue weighted by Crippen LogP contribution is 2.31. The van der Waals surface area contributed by atoms with Gasteiger partial charge in [0.1, 0.15) is 0 Å². The molecule has 0 saturated heterocycles. The van der Waals surface area contributed by atoms with Crippen LogP contribution in [0.15, 0.2) is 18.2 Å². The molecule has 1 aromatic rings. The number of hydrogen-bond donors (Lipinski definition) is 2. The number of carbonyl (C=O) groups excluding carboxylic acids is 1.